The molecule has 0 spiro atoms. The number of fused-ring (bicyclic) bond motifs is 2. The number of hydrogen-bond donors (Lipinski definition) is 1. The van der Waals surface area contributed by atoms with Gasteiger partial charge in [-0.1, -0.05) is 12.8 Å². The van der Waals surface area contributed by atoms with E-state index < -0.39 is 0 Å². The van der Waals surface area contributed by atoms with Gasteiger partial charge in [-0.15, -0.1) is 0 Å². The number of piperazine rings is 1. The highest BCUT2D eigenvalue weighted by Crippen LogP contribution is 2.48. The van der Waals surface area contributed by atoms with E-state index in [0.717, 1.165) is 24.3 Å². The maximum absolute atomic E-state index is 5.55. The smallest absolute Gasteiger partial charge is 0.0110 e. The molecule has 3 rings (SSSR count). The van der Waals surface area contributed by atoms with E-state index in [0.29, 0.717) is 0 Å². The molecular weight excluding hydrogens is 246 g/mol. The lowest BCUT2D eigenvalue weighted by molar-refractivity contribution is 0.104. The summed E-state index contributed by atoms with van der Waals surface area (Å²) < 4.78 is 0. The molecule has 1 heterocycles. The summed E-state index contributed by atoms with van der Waals surface area (Å²) >= 11 is 0. The van der Waals surface area contributed by atoms with Crippen molar-refractivity contribution in [2.45, 2.75) is 44.9 Å². The number of nitrogens with zero attached hydrogens (tertiary/aromatic N) is 2. The van der Waals surface area contributed by atoms with Crippen LogP contribution < -0.4 is 5.73 Å². The van der Waals surface area contributed by atoms with Gasteiger partial charge in [0.1, 0.15) is 0 Å². The van der Waals surface area contributed by atoms with E-state index in [-0.39, 0.29) is 0 Å². The Labute approximate surface area is 124 Å². The summed E-state index contributed by atoms with van der Waals surface area (Å²) in [5, 5.41) is 0. The van der Waals surface area contributed by atoms with Gasteiger partial charge in [0, 0.05) is 32.7 Å². The van der Waals surface area contributed by atoms with Gasteiger partial charge >= 0.3 is 0 Å². The third kappa shape index (κ3) is 3.75. The van der Waals surface area contributed by atoms with Crippen LogP contribution in [-0.2, 0) is 0 Å². The number of unbranched alkanes of at least 4 members (excludes halogenated alkanes) is 2. The van der Waals surface area contributed by atoms with Gasteiger partial charge in [-0.05, 0) is 62.9 Å². The first-order chi connectivity index (χ1) is 9.85. The fourth-order valence-electron chi connectivity index (χ4n) is 4.78. The monoisotopic (exact) mass is 279 g/mol. The second-order valence-corrected chi connectivity index (χ2v) is 7.43. The van der Waals surface area contributed by atoms with Crippen LogP contribution in [0, 0.1) is 17.8 Å². The van der Waals surface area contributed by atoms with Crippen molar-refractivity contribution in [1.82, 2.24) is 9.80 Å². The molecule has 3 aliphatic rings. The van der Waals surface area contributed by atoms with E-state index in [4.69, 9.17) is 5.73 Å². The van der Waals surface area contributed by atoms with Crippen LogP contribution in [0.3, 0.4) is 0 Å². The Morgan fingerprint density at radius 3 is 2.30 bits per heavy atom. The molecule has 2 saturated carbocycles. The zero-order valence-corrected chi connectivity index (χ0v) is 13.1. The Kier molecular flexibility index (Phi) is 5.36. The highest BCUT2D eigenvalue weighted by molar-refractivity contribution is 4.91. The Morgan fingerprint density at radius 2 is 1.65 bits per heavy atom. The van der Waals surface area contributed by atoms with Gasteiger partial charge in [-0.2, -0.15) is 0 Å². The van der Waals surface area contributed by atoms with Crippen molar-refractivity contribution in [1.29, 1.82) is 0 Å². The van der Waals surface area contributed by atoms with Gasteiger partial charge < -0.3 is 15.5 Å². The van der Waals surface area contributed by atoms with Crippen molar-refractivity contribution in [2.24, 2.45) is 23.5 Å². The molecule has 1 aliphatic heterocycles. The van der Waals surface area contributed by atoms with Gasteiger partial charge in [-0.3, -0.25) is 0 Å². The second kappa shape index (κ2) is 7.24. The Balaban J connectivity index is 1.30. The van der Waals surface area contributed by atoms with E-state index in [9.17, 15) is 0 Å². The van der Waals surface area contributed by atoms with Crippen LogP contribution in [-0.4, -0.2) is 55.6 Å². The van der Waals surface area contributed by atoms with Crippen molar-refractivity contribution in [3.8, 4) is 0 Å². The molecule has 2 aliphatic carbocycles. The molecule has 20 heavy (non-hydrogen) atoms. The lowest BCUT2D eigenvalue weighted by atomic mass is 9.88. The number of hydrogen-bond acceptors (Lipinski definition) is 3. The Morgan fingerprint density at radius 1 is 0.850 bits per heavy atom. The molecule has 116 valence electrons. The molecule has 3 unspecified atom stereocenters. The number of rotatable bonds is 7. The van der Waals surface area contributed by atoms with Gasteiger partial charge in [-0.25, -0.2) is 0 Å². The van der Waals surface area contributed by atoms with Crippen molar-refractivity contribution in [2.75, 3.05) is 45.8 Å². The minimum atomic E-state index is 0.858. The largest absolute Gasteiger partial charge is 0.330 e. The average molecular weight is 279 g/mol. The first-order valence-corrected chi connectivity index (χ1v) is 9.00. The zero-order chi connectivity index (χ0) is 13.8. The number of nitrogens with two attached hydrogens (primary N) is 1. The SMILES string of the molecule is NCCCCCN1CCN(CC2CC3CCC2C3)CC1. The third-order valence-corrected chi connectivity index (χ3v) is 6.02. The van der Waals surface area contributed by atoms with E-state index >= 15 is 0 Å². The molecule has 3 heteroatoms. The summed E-state index contributed by atoms with van der Waals surface area (Å²) in [5.74, 6) is 3.24. The molecular formula is C17H33N3. The topological polar surface area (TPSA) is 32.5 Å². The van der Waals surface area contributed by atoms with E-state index in [1.165, 1.54) is 71.4 Å². The van der Waals surface area contributed by atoms with E-state index in [2.05, 4.69) is 9.80 Å². The lowest BCUT2D eigenvalue weighted by Crippen LogP contribution is -2.48. The highest BCUT2D eigenvalue weighted by atomic mass is 15.3. The predicted molar refractivity (Wildman–Crippen MR) is 84.7 cm³/mol. The molecule has 1 saturated heterocycles. The van der Waals surface area contributed by atoms with Crippen molar-refractivity contribution < 1.29 is 0 Å². The molecule has 0 aromatic heterocycles. The van der Waals surface area contributed by atoms with Crippen molar-refractivity contribution in [3.63, 3.8) is 0 Å². The van der Waals surface area contributed by atoms with Crippen LogP contribution in [0.2, 0.25) is 0 Å². The molecule has 3 fully saturated rings. The lowest BCUT2D eigenvalue weighted by Gasteiger charge is -2.37. The van der Waals surface area contributed by atoms with Crippen molar-refractivity contribution >= 4 is 0 Å². The van der Waals surface area contributed by atoms with Crippen LogP contribution in [0.1, 0.15) is 44.9 Å². The average Bonchev–Trinajstić information content (AvgIpc) is 3.08. The Hall–Kier alpha value is -0.120. The molecule has 2 bridgehead atoms. The normalized spacial score (nSPS) is 35.0. The summed E-state index contributed by atoms with van der Waals surface area (Å²) in [4.78, 5) is 5.41. The maximum Gasteiger partial charge on any atom is 0.0110 e. The zero-order valence-electron chi connectivity index (χ0n) is 13.1. The summed E-state index contributed by atoms with van der Waals surface area (Å²) in [5.41, 5.74) is 5.55. The van der Waals surface area contributed by atoms with Crippen molar-refractivity contribution in [3.05, 3.63) is 0 Å². The predicted octanol–water partition coefficient (Wildman–Crippen LogP) is 2.17. The first-order valence-electron chi connectivity index (χ1n) is 9.00. The van der Waals surface area contributed by atoms with E-state index in [1.807, 2.05) is 0 Å². The molecule has 0 amide bonds. The van der Waals surface area contributed by atoms with Crippen LogP contribution in [0.25, 0.3) is 0 Å². The van der Waals surface area contributed by atoms with Gasteiger partial charge in [0.25, 0.3) is 0 Å². The first kappa shape index (κ1) is 14.8. The molecule has 0 aromatic rings. The van der Waals surface area contributed by atoms with Gasteiger partial charge in [0.05, 0.1) is 0 Å². The van der Waals surface area contributed by atoms with Gasteiger partial charge in [0.15, 0.2) is 0 Å². The standard InChI is InChI=1S/C17H33N3/c18-6-2-1-3-7-19-8-10-20(11-9-19)14-17-13-15-4-5-16(17)12-15/h15-17H,1-14,18H2. The van der Waals surface area contributed by atoms with Crippen LogP contribution in [0.5, 0.6) is 0 Å². The summed E-state index contributed by atoms with van der Waals surface area (Å²) in [6.45, 7) is 8.77. The summed E-state index contributed by atoms with van der Waals surface area (Å²) in [6, 6.07) is 0. The van der Waals surface area contributed by atoms with Gasteiger partial charge in [0.2, 0.25) is 0 Å². The van der Waals surface area contributed by atoms with Crippen LogP contribution in [0.4, 0.5) is 0 Å². The molecule has 0 aromatic carbocycles. The molecule has 3 atom stereocenters. The summed E-state index contributed by atoms with van der Waals surface area (Å²) in [7, 11) is 0. The molecule has 2 N–H and O–H groups in total. The molecule has 3 nitrogen and oxygen atoms in total. The minimum Gasteiger partial charge on any atom is -0.330 e. The fourth-order valence-corrected chi connectivity index (χ4v) is 4.78. The minimum absolute atomic E-state index is 0.858. The second-order valence-electron chi connectivity index (χ2n) is 7.43. The molecule has 0 radical (unpaired) electrons. The fraction of sp³-hybridized carbons (Fsp3) is 1.00. The maximum atomic E-state index is 5.55. The summed E-state index contributed by atoms with van der Waals surface area (Å²) in [6.07, 6.45) is 10.0. The Bertz CT molecular complexity index is 286. The highest BCUT2D eigenvalue weighted by Gasteiger charge is 2.40. The van der Waals surface area contributed by atoms with Crippen LogP contribution in [0.15, 0.2) is 0 Å². The van der Waals surface area contributed by atoms with Crippen LogP contribution >= 0.6 is 0 Å². The van der Waals surface area contributed by atoms with E-state index in [1.54, 1.807) is 12.8 Å². The third-order valence-electron chi connectivity index (χ3n) is 6.02. The quantitative estimate of drug-likeness (QED) is 0.725.